The van der Waals surface area contributed by atoms with Gasteiger partial charge in [0, 0.05) is 30.6 Å². The maximum absolute atomic E-state index is 11.0. The molecule has 0 saturated heterocycles. The summed E-state index contributed by atoms with van der Waals surface area (Å²) >= 11 is 0. The van der Waals surface area contributed by atoms with Crippen molar-refractivity contribution >= 4 is 17.5 Å². The molecule has 0 unspecified atom stereocenters. The van der Waals surface area contributed by atoms with Crippen LogP contribution in [0.4, 0.5) is 0 Å². The van der Waals surface area contributed by atoms with E-state index in [4.69, 9.17) is 9.84 Å². The molecule has 1 aromatic heterocycles. The van der Waals surface area contributed by atoms with Crippen LogP contribution < -0.4 is 4.74 Å². The molecule has 0 bridgehead atoms. The third-order valence-corrected chi connectivity index (χ3v) is 3.05. The number of ether oxygens (including phenoxy) is 1. The van der Waals surface area contributed by atoms with E-state index in [1.165, 1.54) is 0 Å². The normalized spacial score (nSPS) is 11.2. The van der Waals surface area contributed by atoms with Crippen LogP contribution in [0.2, 0.25) is 0 Å². The van der Waals surface area contributed by atoms with E-state index in [1.54, 1.807) is 25.6 Å². The van der Waals surface area contributed by atoms with Crippen LogP contribution in [0.1, 0.15) is 11.1 Å². The first-order valence-corrected chi connectivity index (χ1v) is 6.46. The van der Waals surface area contributed by atoms with Crippen molar-refractivity contribution in [3.63, 3.8) is 0 Å². The summed E-state index contributed by atoms with van der Waals surface area (Å²) in [7, 11) is 1.60. The molecule has 1 heterocycles. The van der Waals surface area contributed by atoms with Gasteiger partial charge >= 0.3 is 5.97 Å². The number of methoxy groups -OCH3 is 1. The van der Waals surface area contributed by atoms with E-state index in [9.17, 15) is 14.7 Å². The van der Waals surface area contributed by atoms with Crippen LogP contribution in [0.3, 0.4) is 0 Å². The summed E-state index contributed by atoms with van der Waals surface area (Å²) in [5.41, 5.74) is 1.41. The van der Waals surface area contributed by atoms with Crippen LogP contribution in [0.15, 0.2) is 48.8 Å². The lowest BCUT2D eigenvalue weighted by Crippen LogP contribution is -2.09. The quantitative estimate of drug-likeness (QED) is 0.484. The van der Waals surface area contributed by atoms with Crippen molar-refractivity contribution in [2.24, 2.45) is 0 Å². The minimum absolute atomic E-state index is 0.374. The Bertz CT molecular complexity index is 712. The van der Waals surface area contributed by atoms with Crippen LogP contribution in [-0.4, -0.2) is 33.6 Å². The Morgan fingerprint density at radius 3 is 2.45 bits per heavy atom. The number of aliphatic carboxylic acids is 1. The van der Waals surface area contributed by atoms with Crippen molar-refractivity contribution in [3.05, 3.63) is 59.9 Å². The van der Waals surface area contributed by atoms with Gasteiger partial charge in [0.25, 0.3) is 5.78 Å². The minimum atomic E-state index is -1.61. The summed E-state index contributed by atoms with van der Waals surface area (Å²) in [6, 6.07) is 9.14. The highest BCUT2D eigenvalue weighted by Gasteiger charge is 2.11. The van der Waals surface area contributed by atoms with E-state index < -0.39 is 11.8 Å². The molecule has 2 rings (SSSR count). The number of ketones is 1. The van der Waals surface area contributed by atoms with Crippen molar-refractivity contribution < 1.29 is 24.5 Å². The molecule has 0 aliphatic carbocycles. The maximum Gasteiger partial charge on any atom is 0.376 e. The molecule has 0 saturated carbocycles. The molecule has 2 N–H and O–H groups in total. The number of hydrogen-bond acceptors (Lipinski definition) is 4. The number of carboxylic acids is 1. The highest BCUT2D eigenvalue weighted by Crippen LogP contribution is 2.15. The van der Waals surface area contributed by atoms with Crippen molar-refractivity contribution in [2.45, 2.75) is 6.54 Å². The molecule has 0 atom stereocenters. The van der Waals surface area contributed by atoms with Gasteiger partial charge in [-0.05, 0) is 23.8 Å². The molecule has 22 heavy (non-hydrogen) atoms. The first kappa shape index (κ1) is 15.4. The second-order valence-electron chi connectivity index (χ2n) is 4.62. The van der Waals surface area contributed by atoms with E-state index in [2.05, 4.69) is 0 Å². The zero-order chi connectivity index (χ0) is 16.1. The zero-order valence-electron chi connectivity index (χ0n) is 11.9. The van der Waals surface area contributed by atoms with E-state index in [1.807, 2.05) is 28.8 Å². The molecule has 0 radical (unpaired) electrons. The number of carboxylic acid groups (broad SMARTS) is 1. The number of aliphatic hydroxyl groups excluding tert-OH is 1. The van der Waals surface area contributed by atoms with Gasteiger partial charge in [0.15, 0.2) is 0 Å². The fraction of sp³-hybridized carbons (Fsp3) is 0.125. The van der Waals surface area contributed by atoms with Gasteiger partial charge in [-0.3, -0.25) is 4.79 Å². The molecule has 0 aliphatic rings. The highest BCUT2D eigenvalue weighted by atomic mass is 16.5. The van der Waals surface area contributed by atoms with Gasteiger partial charge in [0.1, 0.15) is 11.5 Å². The number of aromatic nitrogens is 1. The smallest absolute Gasteiger partial charge is 0.376 e. The fourth-order valence-corrected chi connectivity index (χ4v) is 1.90. The second-order valence-corrected chi connectivity index (χ2v) is 4.62. The molecular formula is C16H15NO5. The first-order chi connectivity index (χ1) is 10.5. The number of aliphatic hydroxyl groups is 1. The van der Waals surface area contributed by atoms with Gasteiger partial charge < -0.3 is 19.5 Å². The average Bonchev–Trinajstić information content (AvgIpc) is 2.96. The molecule has 0 aliphatic heterocycles. The van der Waals surface area contributed by atoms with E-state index in [-0.39, 0.29) is 5.76 Å². The van der Waals surface area contributed by atoms with E-state index >= 15 is 0 Å². The largest absolute Gasteiger partial charge is 0.507 e. The topological polar surface area (TPSA) is 88.8 Å². The number of nitrogens with zero attached hydrogens (tertiary/aromatic N) is 1. The third-order valence-electron chi connectivity index (χ3n) is 3.05. The summed E-state index contributed by atoms with van der Waals surface area (Å²) in [5, 5.41) is 18.2. The van der Waals surface area contributed by atoms with Gasteiger partial charge in [-0.1, -0.05) is 12.1 Å². The monoisotopic (exact) mass is 301 g/mol. The standard InChI is InChI=1S/C16H15NO5/c1-22-13-4-2-11(3-5-13)9-17-7-6-12(10-17)14(18)8-15(19)16(20)21/h2-8,10,18H,9H2,1H3,(H,20,21). The van der Waals surface area contributed by atoms with Gasteiger partial charge in [-0.25, -0.2) is 4.79 Å². The number of carbonyl (C=O) groups is 2. The predicted molar refractivity (Wildman–Crippen MR) is 79.8 cm³/mol. The van der Waals surface area contributed by atoms with Crippen molar-refractivity contribution in [2.75, 3.05) is 7.11 Å². The van der Waals surface area contributed by atoms with Gasteiger partial charge in [0.05, 0.1) is 7.11 Å². The molecule has 0 spiro atoms. The molecule has 2 aromatic rings. The Balaban J connectivity index is 2.10. The van der Waals surface area contributed by atoms with Crippen molar-refractivity contribution in [1.29, 1.82) is 0 Å². The molecule has 1 aromatic carbocycles. The fourth-order valence-electron chi connectivity index (χ4n) is 1.90. The zero-order valence-corrected chi connectivity index (χ0v) is 11.9. The average molecular weight is 301 g/mol. The molecular weight excluding hydrogens is 286 g/mol. The highest BCUT2D eigenvalue weighted by molar-refractivity contribution is 6.38. The van der Waals surface area contributed by atoms with Crippen molar-refractivity contribution in [3.8, 4) is 5.75 Å². The van der Waals surface area contributed by atoms with Crippen LogP contribution in [0.25, 0.3) is 5.76 Å². The van der Waals surface area contributed by atoms with Crippen LogP contribution in [0.5, 0.6) is 5.75 Å². The molecule has 0 fully saturated rings. The maximum atomic E-state index is 11.0. The SMILES string of the molecule is COc1ccc(Cn2ccc(C(O)=CC(=O)C(=O)O)c2)cc1. The molecule has 6 heteroatoms. The lowest BCUT2D eigenvalue weighted by atomic mass is 10.2. The lowest BCUT2D eigenvalue weighted by molar-refractivity contribution is -0.146. The van der Waals surface area contributed by atoms with Crippen molar-refractivity contribution in [1.82, 2.24) is 4.57 Å². The number of carbonyl (C=O) groups excluding carboxylic acids is 1. The van der Waals surface area contributed by atoms with Crippen LogP contribution >= 0.6 is 0 Å². The Labute approximate surface area is 126 Å². The Hall–Kier alpha value is -3.02. The number of rotatable bonds is 6. The van der Waals surface area contributed by atoms with E-state index in [0.717, 1.165) is 11.3 Å². The Morgan fingerprint density at radius 1 is 1.18 bits per heavy atom. The number of hydrogen-bond donors (Lipinski definition) is 2. The Morgan fingerprint density at radius 2 is 1.86 bits per heavy atom. The van der Waals surface area contributed by atoms with Gasteiger partial charge in [-0.2, -0.15) is 0 Å². The van der Waals surface area contributed by atoms with E-state index in [0.29, 0.717) is 18.2 Å². The summed E-state index contributed by atoms with van der Waals surface area (Å²) in [5.74, 6) is -2.38. The number of benzene rings is 1. The first-order valence-electron chi connectivity index (χ1n) is 6.46. The molecule has 6 nitrogen and oxygen atoms in total. The van der Waals surface area contributed by atoms with Gasteiger partial charge in [-0.15, -0.1) is 0 Å². The molecule has 0 amide bonds. The third kappa shape index (κ3) is 3.76. The lowest BCUT2D eigenvalue weighted by Gasteiger charge is -2.04. The minimum Gasteiger partial charge on any atom is -0.507 e. The summed E-state index contributed by atoms with van der Waals surface area (Å²) in [4.78, 5) is 21.5. The van der Waals surface area contributed by atoms with Gasteiger partial charge in [0.2, 0.25) is 0 Å². The van der Waals surface area contributed by atoms with Crippen LogP contribution in [0, 0.1) is 0 Å². The Kier molecular flexibility index (Phi) is 4.63. The summed E-state index contributed by atoms with van der Waals surface area (Å²) < 4.78 is 6.90. The van der Waals surface area contributed by atoms with Crippen LogP contribution in [-0.2, 0) is 16.1 Å². The summed E-state index contributed by atoms with van der Waals surface area (Å²) in [6.07, 6.45) is 4.05. The molecule has 114 valence electrons. The second kappa shape index (κ2) is 6.62. The summed E-state index contributed by atoms with van der Waals surface area (Å²) in [6.45, 7) is 0.574. The predicted octanol–water partition coefficient (Wildman–Crippen LogP) is 2.10.